The van der Waals surface area contributed by atoms with Gasteiger partial charge in [0.05, 0.1) is 41.3 Å². The van der Waals surface area contributed by atoms with Crippen molar-refractivity contribution in [2.45, 2.75) is 65.0 Å². The van der Waals surface area contributed by atoms with E-state index in [0.717, 1.165) is 86.0 Å². The lowest BCUT2D eigenvalue weighted by Gasteiger charge is -2.40. The summed E-state index contributed by atoms with van der Waals surface area (Å²) in [6.07, 6.45) is 6.91. The highest BCUT2D eigenvalue weighted by Gasteiger charge is 2.43. The number of hydrogen-bond donors (Lipinski definition) is 2. The molecule has 2 aromatic carbocycles. The minimum Gasteiger partial charge on any atom is -0.371 e. The van der Waals surface area contributed by atoms with E-state index < -0.39 is 35.4 Å². The molecule has 16 nitrogen and oxygen atoms in total. The van der Waals surface area contributed by atoms with Crippen LogP contribution in [-0.2, 0) is 4.79 Å². The van der Waals surface area contributed by atoms with E-state index in [9.17, 15) is 19.2 Å². The number of aromatic nitrogens is 5. The van der Waals surface area contributed by atoms with Crippen LogP contribution in [0, 0.1) is 24.5 Å². The predicted octanol–water partition coefficient (Wildman–Crippen LogP) is 6.07. The van der Waals surface area contributed by atoms with Crippen LogP contribution >= 0.6 is 0 Å². The van der Waals surface area contributed by atoms with Crippen LogP contribution < -0.4 is 20.4 Å². The number of nitrogens with zero attached hydrogens (tertiary/aromatic N) is 10. The van der Waals surface area contributed by atoms with E-state index in [4.69, 9.17) is 0 Å². The maximum absolute atomic E-state index is 15.2. The van der Waals surface area contributed by atoms with Crippen molar-refractivity contribution in [3.63, 3.8) is 0 Å². The summed E-state index contributed by atoms with van der Waals surface area (Å²) in [5.74, 6) is -0.948. The molecule has 322 valence electrons. The lowest BCUT2D eigenvalue weighted by atomic mass is 9.94. The van der Waals surface area contributed by atoms with Crippen molar-refractivity contribution < 1.29 is 28.0 Å². The second-order valence-electron chi connectivity index (χ2n) is 16.8. The number of carbonyl (C=O) groups excluding carboxylic acids is 4. The summed E-state index contributed by atoms with van der Waals surface area (Å²) in [6.45, 7) is 10.2. The third-order valence-electron chi connectivity index (χ3n) is 12.5. The molecule has 3 aromatic heterocycles. The van der Waals surface area contributed by atoms with E-state index in [0.29, 0.717) is 29.1 Å². The van der Waals surface area contributed by atoms with E-state index >= 15 is 8.78 Å². The number of anilines is 4. The van der Waals surface area contributed by atoms with Crippen molar-refractivity contribution in [3.8, 4) is 11.3 Å². The van der Waals surface area contributed by atoms with Gasteiger partial charge in [-0.15, -0.1) is 0 Å². The molecule has 0 aliphatic carbocycles. The van der Waals surface area contributed by atoms with E-state index in [1.807, 2.05) is 49.7 Å². The molecule has 3 fully saturated rings. The molecule has 0 saturated carbocycles. The number of benzene rings is 2. The van der Waals surface area contributed by atoms with Gasteiger partial charge in [-0.25, -0.2) is 38.5 Å². The molecule has 4 aliphatic heterocycles. The summed E-state index contributed by atoms with van der Waals surface area (Å²) in [4.78, 5) is 75.0. The minimum atomic E-state index is -0.779. The Bertz CT molecular complexity index is 2580. The number of aryl methyl sites for hydroxylation is 1. The van der Waals surface area contributed by atoms with Crippen molar-refractivity contribution in [1.82, 2.24) is 44.7 Å². The molecule has 0 unspecified atom stereocenters. The Hall–Kier alpha value is -6.56. The summed E-state index contributed by atoms with van der Waals surface area (Å²) < 4.78 is 32.2. The molecule has 5 amide bonds. The van der Waals surface area contributed by atoms with Crippen LogP contribution in [0.4, 0.5) is 36.7 Å². The molecule has 4 aliphatic rings. The zero-order chi connectivity index (χ0) is 43.4. The van der Waals surface area contributed by atoms with Crippen molar-refractivity contribution >= 4 is 57.9 Å². The zero-order valence-electron chi connectivity index (χ0n) is 35.1. The topological polar surface area (TPSA) is 165 Å². The van der Waals surface area contributed by atoms with Crippen LogP contribution in [-0.4, -0.2) is 116 Å². The Labute approximate surface area is 356 Å². The molecule has 18 heteroatoms. The van der Waals surface area contributed by atoms with Crippen LogP contribution in [0.2, 0.25) is 0 Å². The van der Waals surface area contributed by atoms with Gasteiger partial charge >= 0.3 is 6.03 Å². The van der Waals surface area contributed by atoms with E-state index in [-0.39, 0.29) is 52.9 Å². The van der Waals surface area contributed by atoms with Crippen LogP contribution in [0.25, 0.3) is 22.3 Å². The molecule has 0 atom stereocenters. The summed E-state index contributed by atoms with van der Waals surface area (Å²) in [5.41, 5.74) is 3.46. The van der Waals surface area contributed by atoms with E-state index in [1.165, 1.54) is 6.07 Å². The lowest BCUT2D eigenvalue weighted by molar-refractivity contribution is -0.122. The van der Waals surface area contributed by atoms with Crippen molar-refractivity contribution in [3.05, 3.63) is 83.4 Å². The number of piperidine rings is 2. The van der Waals surface area contributed by atoms with Crippen LogP contribution in [0.1, 0.15) is 78.5 Å². The Balaban J connectivity index is 0.757. The highest BCUT2D eigenvalue weighted by atomic mass is 19.1. The summed E-state index contributed by atoms with van der Waals surface area (Å²) in [7, 11) is 2.21. The molecule has 0 spiro atoms. The number of carbonyl (C=O) groups is 4. The first-order valence-electron chi connectivity index (χ1n) is 21.1. The molecule has 3 saturated heterocycles. The number of hydrazine groups is 1. The van der Waals surface area contributed by atoms with E-state index in [2.05, 4.69) is 52.3 Å². The van der Waals surface area contributed by atoms with Gasteiger partial charge in [0.25, 0.3) is 11.8 Å². The molecule has 7 heterocycles. The molecule has 62 heavy (non-hydrogen) atoms. The van der Waals surface area contributed by atoms with Gasteiger partial charge in [0.2, 0.25) is 11.9 Å². The van der Waals surface area contributed by atoms with Crippen molar-refractivity contribution in [1.29, 1.82) is 0 Å². The monoisotopic (exact) mass is 846 g/mol. The number of urea groups is 1. The Kier molecular flexibility index (Phi) is 10.8. The van der Waals surface area contributed by atoms with E-state index in [1.54, 1.807) is 18.2 Å². The largest absolute Gasteiger partial charge is 0.371 e. The highest BCUT2D eigenvalue weighted by Crippen LogP contribution is 2.34. The SMILES string of the molecule is Cc1nc2c(F)cc(-c3nc(Nc4ccc(N5CCC(N(C)CC6CCN(c7ccc8c(c7)C(=O)N(N7CCC(=O)NC7=O)C8=O)CC6)CC5)cn4)ncc3F)cc2n1C(C)C. The van der Waals surface area contributed by atoms with Crippen molar-refractivity contribution in [2.75, 3.05) is 61.4 Å². The standard InChI is InChI=1S/C44H48F2N12O4/c1-25(2)57-26(3)49-40-34(45)19-28(20-36(40)57)39-35(46)23-48-43(52-39)50-37-8-6-31(22-47-37)55-16-11-29(12-17-55)53(4)24-27-9-14-54(15-10-27)30-5-7-32-33(21-30)42(61)58(41(32)60)56-18-13-38(59)51-44(56)62/h5-8,19-23,25,27,29H,9-18,24H2,1-4H3,(H,51,59,62)(H,47,48,50,52). The Morgan fingerprint density at radius 1 is 0.823 bits per heavy atom. The fourth-order valence-electron chi connectivity index (χ4n) is 9.32. The molecule has 5 aromatic rings. The van der Waals surface area contributed by atoms with Crippen LogP contribution in [0.15, 0.2) is 54.9 Å². The maximum Gasteiger partial charge on any atom is 0.343 e. The number of rotatable bonds is 10. The summed E-state index contributed by atoms with van der Waals surface area (Å²) in [6, 6.07) is 11.8. The third kappa shape index (κ3) is 7.67. The number of pyridine rings is 1. The molecular formula is C44H48F2N12O4. The van der Waals surface area contributed by atoms with Gasteiger partial charge < -0.3 is 24.6 Å². The lowest BCUT2D eigenvalue weighted by Crippen LogP contribution is -2.58. The summed E-state index contributed by atoms with van der Waals surface area (Å²) >= 11 is 0. The molecular weight excluding hydrogens is 799 g/mol. The van der Waals surface area contributed by atoms with Gasteiger partial charge in [-0.3, -0.25) is 19.7 Å². The van der Waals surface area contributed by atoms with Crippen LogP contribution in [0.5, 0.6) is 0 Å². The van der Waals surface area contributed by atoms with Crippen molar-refractivity contribution in [2.24, 2.45) is 5.92 Å². The number of nitrogens with one attached hydrogen (secondary N) is 2. The zero-order valence-corrected chi connectivity index (χ0v) is 35.1. The third-order valence-corrected chi connectivity index (χ3v) is 12.5. The Morgan fingerprint density at radius 2 is 1.53 bits per heavy atom. The number of imide groups is 2. The fraction of sp³-hybridized carbons (Fsp3) is 0.409. The molecule has 0 bridgehead atoms. The van der Waals surface area contributed by atoms with Gasteiger partial charge in [0.1, 0.15) is 22.9 Å². The number of hydrogen-bond acceptors (Lipinski definition) is 12. The van der Waals surface area contributed by atoms with Gasteiger partial charge in [0.15, 0.2) is 11.6 Å². The van der Waals surface area contributed by atoms with Gasteiger partial charge in [-0.1, -0.05) is 0 Å². The fourth-order valence-corrected chi connectivity index (χ4v) is 9.32. The average molecular weight is 847 g/mol. The Morgan fingerprint density at radius 3 is 2.24 bits per heavy atom. The normalized spacial score (nSPS) is 17.9. The first-order valence-corrected chi connectivity index (χ1v) is 21.1. The number of imidazole rings is 1. The first kappa shape index (κ1) is 40.8. The smallest absolute Gasteiger partial charge is 0.343 e. The number of halogens is 2. The summed E-state index contributed by atoms with van der Waals surface area (Å²) in [5, 5.41) is 7.09. The second kappa shape index (κ2) is 16.4. The average Bonchev–Trinajstić information content (AvgIpc) is 3.73. The van der Waals surface area contributed by atoms with Gasteiger partial charge in [0, 0.05) is 62.5 Å². The first-order chi connectivity index (χ1) is 29.8. The second-order valence-corrected chi connectivity index (χ2v) is 16.8. The molecule has 2 N–H and O–H groups in total. The van der Waals surface area contributed by atoms with Crippen LogP contribution in [0.3, 0.4) is 0 Å². The molecule has 0 radical (unpaired) electrons. The number of fused-ring (bicyclic) bond motifs is 2. The number of amides is 5. The maximum atomic E-state index is 15.2. The predicted molar refractivity (Wildman–Crippen MR) is 228 cm³/mol. The quantitative estimate of drug-likeness (QED) is 0.156. The van der Waals surface area contributed by atoms with Gasteiger partial charge in [-0.05, 0) is 102 Å². The highest BCUT2D eigenvalue weighted by molar-refractivity contribution is 6.22. The van der Waals surface area contributed by atoms with Gasteiger partial charge in [-0.2, -0.15) is 5.01 Å². The minimum absolute atomic E-state index is 0.0121. The molecule has 9 rings (SSSR count).